The minimum atomic E-state index is -0.460. The zero-order valence-electron chi connectivity index (χ0n) is 12.0. The largest absolute Gasteiger partial charge is 0.491 e. The van der Waals surface area contributed by atoms with Crippen LogP contribution in [0.2, 0.25) is 0 Å². The molecule has 0 fully saturated rings. The first-order chi connectivity index (χ1) is 9.97. The number of carbonyl (C=O) groups excluding carboxylic acids is 1. The summed E-state index contributed by atoms with van der Waals surface area (Å²) in [6, 6.07) is 4.89. The average Bonchev–Trinajstić information content (AvgIpc) is 2.82. The van der Waals surface area contributed by atoms with Gasteiger partial charge in [0, 0.05) is 6.07 Å². The minimum Gasteiger partial charge on any atom is -0.491 e. The maximum Gasteiger partial charge on any atom is 0.338 e. The third-order valence-corrected chi connectivity index (χ3v) is 3.10. The van der Waals surface area contributed by atoms with Crippen LogP contribution in [0.3, 0.4) is 0 Å². The first kappa shape index (κ1) is 15.1. The van der Waals surface area contributed by atoms with Crippen molar-refractivity contribution in [2.24, 2.45) is 0 Å². The lowest BCUT2D eigenvalue weighted by Crippen LogP contribution is -2.07. The van der Waals surface area contributed by atoms with Gasteiger partial charge in [-0.05, 0) is 26.0 Å². The van der Waals surface area contributed by atoms with Crippen molar-refractivity contribution in [3.8, 4) is 16.6 Å². The number of nitrogens with zero attached hydrogens (tertiary/aromatic N) is 1. The fourth-order valence-electron chi connectivity index (χ4n) is 1.64. The minimum absolute atomic E-state index is 0.0233. The smallest absolute Gasteiger partial charge is 0.338 e. The van der Waals surface area contributed by atoms with Crippen molar-refractivity contribution in [3.63, 3.8) is 0 Å². The van der Waals surface area contributed by atoms with Crippen molar-refractivity contribution in [3.05, 3.63) is 30.0 Å². The van der Waals surface area contributed by atoms with Gasteiger partial charge >= 0.3 is 5.97 Å². The predicted molar refractivity (Wildman–Crippen MR) is 80.1 cm³/mol. The average molecular weight is 308 g/mol. The normalized spacial score (nSPS) is 10.5. The Morgan fingerprint density at radius 1 is 1.29 bits per heavy atom. The van der Waals surface area contributed by atoms with Crippen LogP contribution in [-0.2, 0) is 4.74 Å². The summed E-state index contributed by atoms with van der Waals surface area (Å²) in [6.07, 6.45) is 1.50. The maximum atomic E-state index is 11.7. The number of esters is 1. The molecule has 0 atom stereocenters. The van der Waals surface area contributed by atoms with Gasteiger partial charge in [-0.15, -0.1) is 0 Å². The topological polar surface area (TPSA) is 83.7 Å². The molecule has 0 aliphatic rings. The van der Waals surface area contributed by atoms with Crippen molar-refractivity contribution >= 4 is 22.4 Å². The van der Waals surface area contributed by atoms with Crippen LogP contribution in [0.5, 0.6) is 16.6 Å². The number of benzene rings is 1. The molecule has 0 saturated carbocycles. The highest BCUT2D eigenvalue weighted by Gasteiger charge is 2.12. The molecular weight excluding hydrogens is 292 g/mol. The fraction of sp³-hybridized carbons (Fsp3) is 0.286. The quantitative estimate of drug-likeness (QED) is 0.854. The van der Waals surface area contributed by atoms with Crippen LogP contribution in [0.25, 0.3) is 0 Å². The number of anilines is 1. The Morgan fingerprint density at radius 2 is 2.00 bits per heavy atom. The highest BCUT2D eigenvalue weighted by molar-refractivity contribution is 7.17. The van der Waals surface area contributed by atoms with Crippen molar-refractivity contribution in [1.29, 1.82) is 0 Å². The van der Waals surface area contributed by atoms with Crippen LogP contribution in [0.4, 0.5) is 5.13 Å². The summed E-state index contributed by atoms with van der Waals surface area (Å²) in [6.45, 7) is 3.80. The lowest BCUT2D eigenvalue weighted by molar-refractivity contribution is 0.0599. The number of methoxy groups -OCH3 is 1. The monoisotopic (exact) mass is 308 g/mol. The van der Waals surface area contributed by atoms with Crippen LogP contribution in [0, 0.1) is 0 Å². The van der Waals surface area contributed by atoms with Gasteiger partial charge in [0.2, 0.25) is 5.06 Å². The van der Waals surface area contributed by atoms with Gasteiger partial charge in [0.15, 0.2) is 5.13 Å². The van der Waals surface area contributed by atoms with E-state index in [1.165, 1.54) is 24.6 Å². The molecule has 2 rings (SSSR count). The molecule has 0 unspecified atom stereocenters. The van der Waals surface area contributed by atoms with Crippen LogP contribution in [0.15, 0.2) is 24.4 Å². The van der Waals surface area contributed by atoms with E-state index in [0.717, 1.165) is 0 Å². The van der Waals surface area contributed by atoms with Gasteiger partial charge in [0.1, 0.15) is 11.5 Å². The number of hydrogen-bond acceptors (Lipinski definition) is 7. The summed E-state index contributed by atoms with van der Waals surface area (Å²) in [7, 11) is 1.32. The van der Waals surface area contributed by atoms with Gasteiger partial charge in [-0.2, -0.15) is 0 Å². The second kappa shape index (κ2) is 6.45. The Labute approximate surface area is 126 Å². The molecule has 7 heteroatoms. The van der Waals surface area contributed by atoms with E-state index < -0.39 is 5.97 Å². The summed E-state index contributed by atoms with van der Waals surface area (Å²) in [5, 5.41) is 0.942. The van der Waals surface area contributed by atoms with Crippen LogP contribution in [-0.4, -0.2) is 24.2 Å². The summed E-state index contributed by atoms with van der Waals surface area (Å²) in [4.78, 5) is 15.6. The predicted octanol–water partition coefficient (Wildman–Crippen LogP) is 3.09. The van der Waals surface area contributed by atoms with E-state index in [4.69, 9.17) is 19.9 Å². The number of aromatic nitrogens is 1. The van der Waals surface area contributed by atoms with E-state index in [1.807, 2.05) is 13.8 Å². The number of nitrogens with two attached hydrogens (primary N) is 1. The molecule has 0 aliphatic carbocycles. The molecule has 0 bridgehead atoms. The zero-order chi connectivity index (χ0) is 15.4. The third kappa shape index (κ3) is 4.09. The zero-order valence-corrected chi connectivity index (χ0v) is 12.8. The number of nitrogen functional groups attached to an aromatic ring is 1. The molecule has 1 aromatic carbocycles. The SMILES string of the molecule is COC(=O)c1cc(Oc2cnc(N)s2)cc(OC(C)C)c1. The van der Waals surface area contributed by atoms with Gasteiger partial charge < -0.3 is 19.9 Å². The summed E-state index contributed by atoms with van der Waals surface area (Å²) in [5.41, 5.74) is 5.91. The van der Waals surface area contributed by atoms with Gasteiger partial charge in [0.05, 0.1) is 25.0 Å². The number of thiazole rings is 1. The molecule has 0 aliphatic heterocycles. The fourth-order valence-corrected chi connectivity index (χ4v) is 2.20. The van der Waals surface area contributed by atoms with Crippen molar-refractivity contribution in [2.75, 3.05) is 12.8 Å². The maximum absolute atomic E-state index is 11.7. The van der Waals surface area contributed by atoms with Gasteiger partial charge in [-0.25, -0.2) is 9.78 Å². The van der Waals surface area contributed by atoms with Gasteiger partial charge in [-0.3, -0.25) is 0 Å². The Bertz CT molecular complexity index is 640. The van der Waals surface area contributed by atoms with Crippen LogP contribution in [0.1, 0.15) is 24.2 Å². The first-order valence-corrected chi connectivity index (χ1v) is 7.09. The highest BCUT2D eigenvalue weighted by Crippen LogP contribution is 2.32. The Hall–Kier alpha value is -2.28. The second-order valence-electron chi connectivity index (χ2n) is 4.47. The standard InChI is InChI=1S/C14H16N2O4S/c1-8(2)19-10-4-9(13(17)18-3)5-11(6-10)20-12-7-16-14(15)21-12/h4-8H,1-3H3,(H2,15,16). The summed E-state index contributed by atoms with van der Waals surface area (Å²) >= 11 is 1.21. The number of rotatable bonds is 5. The molecule has 21 heavy (non-hydrogen) atoms. The lowest BCUT2D eigenvalue weighted by atomic mass is 10.2. The number of hydrogen-bond donors (Lipinski definition) is 1. The van der Waals surface area contributed by atoms with Crippen LogP contribution < -0.4 is 15.2 Å². The molecular formula is C14H16N2O4S. The molecule has 6 nitrogen and oxygen atoms in total. The van der Waals surface area contributed by atoms with E-state index in [-0.39, 0.29) is 6.10 Å². The number of carbonyl (C=O) groups is 1. The Kier molecular flexibility index (Phi) is 4.64. The molecule has 2 aromatic rings. The highest BCUT2D eigenvalue weighted by atomic mass is 32.1. The molecule has 1 heterocycles. The lowest BCUT2D eigenvalue weighted by Gasteiger charge is -2.12. The Balaban J connectivity index is 2.32. The molecule has 0 spiro atoms. The van der Waals surface area contributed by atoms with E-state index in [1.54, 1.807) is 18.2 Å². The van der Waals surface area contributed by atoms with E-state index in [0.29, 0.717) is 27.3 Å². The molecule has 0 saturated heterocycles. The summed E-state index contributed by atoms with van der Waals surface area (Å²) in [5.74, 6) is 0.524. The van der Waals surface area contributed by atoms with E-state index in [2.05, 4.69) is 4.98 Å². The van der Waals surface area contributed by atoms with Gasteiger partial charge in [0.25, 0.3) is 0 Å². The molecule has 112 valence electrons. The van der Waals surface area contributed by atoms with Gasteiger partial charge in [-0.1, -0.05) is 11.3 Å². The second-order valence-corrected chi connectivity index (χ2v) is 5.50. The molecule has 0 radical (unpaired) electrons. The van der Waals surface area contributed by atoms with Crippen molar-refractivity contribution < 1.29 is 19.0 Å². The van der Waals surface area contributed by atoms with Crippen molar-refractivity contribution in [2.45, 2.75) is 20.0 Å². The summed E-state index contributed by atoms with van der Waals surface area (Å²) < 4.78 is 16.0. The third-order valence-electron chi connectivity index (χ3n) is 2.39. The van der Waals surface area contributed by atoms with Crippen molar-refractivity contribution in [1.82, 2.24) is 4.98 Å². The van der Waals surface area contributed by atoms with E-state index in [9.17, 15) is 4.79 Å². The Morgan fingerprint density at radius 3 is 2.57 bits per heavy atom. The molecule has 1 aromatic heterocycles. The van der Waals surface area contributed by atoms with Crippen LogP contribution >= 0.6 is 11.3 Å². The molecule has 2 N–H and O–H groups in total. The number of ether oxygens (including phenoxy) is 3. The van der Waals surface area contributed by atoms with E-state index >= 15 is 0 Å². The first-order valence-electron chi connectivity index (χ1n) is 6.27. The molecule has 0 amide bonds.